The highest BCUT2D eigenvalue weighted by Gasteiger charge is 2.52. The molecular weight excluding hydrogens is 537 g/mol. The van der Waals surface area contributed by atoms with Crippen molar-refractivity contribution >= 4 is 17.6 Å². The van der Waals surface area contributed by atoms with Crippen LogP contribution in [-0.4, -0.2) is 39.6 Å². The normalized spacial score (nSPS) is 17.5. The van der Waals surface area contributed by atoms with Gasteiger partial charge in [-0.2, -0.15) is 0 Å². The number of hydrogen-bond donors (Lipinski definition) is 2. The lowest BCUT2D eigenvalue weighted by molar-refractivity contribution is -0.149. The summed E-state index contributed by atoms with van der Waals surface area (Å²) in [5.41, 5.74) is 0.196. The zero-order valence-electron chi connectivity index (χ0n) is 22.1. The summed E-state index contributed by atoms with van der Waals surface area (Å²) >= 11 is 0. The van der Waals surface area contributed by atoms with Gasteiger partial charge in [0.15, 0.2) is 17.5 Å². The molecule has 210 valence electrons. The van der Waals surface area contributed by atoms with Gasteiger partial charge in [-0.25, -0.2) is 27.9 Å². The zero-order valence-corrected chi connectivity index (χ0v) is 22.1. The number of benzene rings is 3. The Balaban J connectivity index is 1.72. The predicted octanol–water partition coefficient (Wildman–Crippen LogP) is 4.42. The van der Waals surface area contributed by atoms with Crippen LogP contribution in [0.2, 0.25) is 0 Å². The summed E-state index contributed by atoms with van der Waals surface area (Å²) in [5.74, 6) is -6.35. The van der Waals surface area contributed by atoms with E-state index in [1.54, 1.807) is 74.5 Å². The molecule has 8 nitrogen and oxygen atoms in total. The fourth-order valence-electron chi connectivity index (χ4n) is 5.13. The summed E-state index contributed by atoms with van der Waals surface area (Å²) in [4.78, 5) is 36.3. The standard InChI is InChI=1S/C30H25F3N4O4/c1-17-14-18(2)36-29(35-17)41-27(28(39)40)30(20-8-4-3-5-9-20)21-10-6-7-11-23(21)37(24(38)15-34-30)16-19-12-13-22(31)26(33)25(19)32/h3-14,27,34H,15-16H2,1-2H3,(H,39,40). The van der Waals surface area contributed by atoms with Crippen LogP contribution < -0.4 is 15.0 Å². The number of amides is 1. The van der Waals surface area contributed by atoms with E-state index in [1.807, 2.05) is 0 Å². The Bertz CT molecular complexity index is 1620. The lowest BCUT2D eigenvalue weighted by Crippen LogP contribution is -2.58. The number of para-hydroxylation sites is 1. The van der Waals surface area contributed by atoms with E-state index in [-0.39, 0.29) is 17.3 Å². The third-order valence-corrected chi connectivity index (χ3v) is 6.91. The van der Waals surface area contributed by atoms with Crippen molar-refractivity contribution in [2.24, 2.45) is 0 Å². The first-order valence-electron chi connectivity index (χ1n) is 12.7. The second-order valence-electron chi connectivity index (χ2n) is 9.63. The van der Waals surface area contributed by atoms with Crippen molar-refractivity contribution in [3.63, 3.8) is 0 Å². The predicted molar refractivity (Wildman–Crippen MR) is 143 cm³/mol. The number of nitrogens with one attached hydrogen (secondary N) is 1. The topological polar surface area (TPSA) is 105 Å². The molecule has 0 saturated carbocycles. The first-order chi connectivity index (χ1) is 19.6. The number of fused-ring (bicyclic) bond motifs is 1. The number of carbonyl (C=O) groups excluding carboxylic acids is 1. The number of anilines is 1. The number of carboxylic acid groups (broad SMARTS) is 1. The largest absolute Gasteiger partial charge is 0.478 e. The van der Waals surface area contributed by atoms with Crippen LogP contribution in [0.4, 0.5) is 18.9 Å². The molecule has 1 aromatic heterocycles. The first kappa shape index (κ1) is 27.8. The smallest absolute Gasteiger partial charge is 0.347 e. The zero-order chi connectivity index (χ0) is 29.3. The highest BCUT2D eigenvalue weighted by Crippen LogP contribution is 2.42. The van der Waals surface area contributed by atoms with Crippen molar-refractivity contribution in [2.45, 2.75) is 32.0 Å². The van der Waals surface area contributed by atoms with Crippen molar-refractivity contribution in [1.82, 2.24) is 15.3 Å². The number of aryl methyl sites for hydroxylation is 2. The molecule has 0 aliphatic carbocycles. The Morgan fingerprint density at radius 3 is 2.34 bits per heavy atom. The Kier molecular flexibility index (Phi) is 7.46. The van der Waals surface area contributed by atoms with Gasteiger partial charge in [-0.1, -0.05) is 54.6 Å². The molecule has 5 rings (SSSR count). The molecule has 1 aliphatic heterocycles. The van der Waals surface area contributed by atoms with E-state index in [0.29, 0.717) is 22.5 Å². The number of rotatable bonds is 7. The van der Waals surface area contributed by atoms with Gasteiger partial charge < -0.3 is 14.7 Å². The van der Waals surface area contributed by atoms with Gasteiger partial charge in [-0.05, 0) is 37.6 Å². The lowest BCUT2D eigenvalue weighted by atomic mass is 9.77. The lowest BCUT2D eigenvalue weighted by Gasteiger charge is -2.39. The van der Waals surface area contributed by atoms with E-state index in [1.165, 1.54) is 4.90 Å². The Hall–Kier alpha value is -4.77. The second-order valence-corrected chi connectivity index (χ2v) is 9.63. The summed E-state index contributed by atoms with van der Waals surface area (Å²) in [5, 5.41) is 13.7. The molecule has 1 amide bonds. The highest BCUT2D eigenvalue weighted by atomic mass is 19.2. The van der Waals surface area contributed by atoms with Crippen LogP contribution in [0.25, 0.3) is 0 Å². The van der Waals surface area contributed by atoms with E-state index in [0.717, 1.165) is 12.1 Å². The molecule has 2 unspecified atom stereocenters. The van der Waals surface area contributed by atoms with Crippen molar-refractivity contribution in [1.29, 1.82) is 0 Å². The van der Waals surface area contributed by atoms with Crippen LogP contribution >= 0.6 is 0 Å². The summed E-state index contributed by atoms with van der Waals surface area (Å²) in [6.07, 6.45) is -1.69. The SMILES string of the molecule is Cc1cc(C)nc(OC(C(=O)O)C2(c3ccccc3)NCC(=O)N(Cc3ccc(F)c(F)c3F)c3ccccc32)n1. The molecule has 0 fully saturated rings. The van der Waals surface area contributed by atoms with Crippen LogP contribution in [0, 0.1) is 31.3 Å². The van der Waals surface area contributed by atoms with Crippen LogP contribution in [-0.2, 0) is 21.7 Å². The van der Waals surface area contributed by atoms with Gasteiger partial charge in [0.05, 0.1) is 13.1 Å². The third kappa shape index (κ3) is 5.11. The average Bonchev–Trinajstić information content (AvgIpc) is 3.07. The third-order valence-electron chi connectivity index (χ3n) is 6.91. The molecule has 0 spiro atoms. The minimum Gasteiger partial charge on any atom is -0.478 e. The molecular formula is C30H25F3N4O4. The van der Waals surface area contributed by atoms with Crippen LogP contribution in [0.1, 0.15) is 28.1 Å². The Morgan fingerprint density at radius 1 is 1.00 bits per heavy atom. The van der Waals surface area contributed by atoms with E-state index in [2.05, 4.69) is 15.3 Å². The van der Waals surface area contributed by atoms with Gasteiger partial charge in [-0.3, -0.25) is 10.1 Å². The molecule has 4 aromatic rings. The monoisotopic (exact) mass is 562 g/mol. The van der Waals surface area contributed by atoms with Gasteiger partial charge in [0.2, 0.25) is 12.0 Å². The molecule has 2 atom stereocenters. The fraction of sp³-hybridized carbons (Fsp3) is 0.200. The summed E-state index contributed by atoms with van der Waals surface area (Å²) < 4.78 is 48.4. The van der Waals surface area contributed by atoms with E-state index in [4.69, 9.17) is 4.74 Å². The Morgan fingerprint density at radius 2 is 1.66 bits per heavy atom. The van der Waals surface area contributed by atoms with Gasteiger partial charge in [0.25, 0.3) is 0 Å². The first-order valence-corrected chi connectivity index (χ1v) is 12.7. The van der Waals surface area contributed by atoms with Gasteiger partial charge >= 0.3 is 12.0 Å². The molecule has 1 aliphatic rings. The summed E-state index contributed by atoms with van der Waals surface area (Å²) in [7, 11) is 0. The van der Waals surface area contributed by atoms with E-state index >= 15 is 0 Å². The quantitative estimate of drug-likeness (QED) is 0.321. The maximum absolute atomic E-state index is 14.7. The minimum atomic E-state index is -1.69. The van der Waals surface area contributed by atoms with Crippen molar-refractivity contribution in [3.8, 4) is 6.01 Å². The number of carbonyl (C=O) groups is 2. The Labute approximate surface area is 233 Å². The maximum Gasteiger partial charge on any atom is 0.347 e. The molecule has 0 saturated heterocycles. The maximum atomic E-state index is 14.7. The van der Waals surface area contributed by atoms with E-state index < -0.39 is 54.1 Å². The molecule has 3 aromatic carbocycles. The summed E-state index contributed by atoms with van der Waals surface area (Å²) in [6.45, 7) is 2.59. The van der Waals surface area contributed by atoms with Crippen LogP contribution in [0.3, 0.4) is 0 Å². The molecule has 0 radical (unpaired) electrons. The molecule has 2 heterocycles. The van der Waals surface area contributed by atoms with Crippen molar-refractivity contribution in [2.75, 3.05) is 11.4 Å². The molecule has 11 heteroatoms. The second kappa shape index (κ2) is 11.0. The van der Waals surface area contributed by atoms with Crippen LogP contribution in [0.5, 0.6) is 6.01 Å². The van der Waals surface area contributed by atoms with E-state index in [9.17, 15) is 27.9 Å². The van der Waals surface area contributed by atoms with Crippen LogP contribution in [0.15, 0.2) is 72.8 Å². The number of aliphatic carboxylic acids is 1. The van der Waals surface area contributed by atoms with Gasteiger partial charge in [0, 0.05) is 28.2 Å². The average molecular weight is 563 g/mol. The fourth-order valence-corrected chi connectivity index (χ4v) is 5.13. The number of nitrogens with zero attached hydrogens (tertiary/aromatic N) is 3. The van der Waals surface area contributed by atoms with Gasteiger partial charge in [0.1, 0.15) is 5.54 Å². The number of aromatic nitrogens is 2. The summed E-state index contributed by atoms with van der Waals surface area (Å²) in [6, 6.07) is 18.5. The number of carboxylic acids is 1. The number of ether oxygens (including phenoxy) is 1. The molecule has 0 bridgehead atoms. The molecule has 2 N–H and O–H groups in total. The highest BCUT2D eigenvalue weighted by molar-refractivity contribution is 5.97. The number of halogens is 3. The minimum absolute atomic E-state index is 0.166. The van der Waals surface area contributed by atoms with Gasteiger partial charge in [-0.15, -0.1) is 0 Å². The molecule has 41 heavy (non-hydrogen) atoms. The van der Waals surface area contributed by atoms with Crippen molar-refractivity contribution in [3.05, 3.63) is 118 Å². The van der Waals surface area contributed by atoms with Crippen molar-refractivity contribution < 1.29 is 32.6 Å². The number of hydrogen-bond acceptors (Lipinski definition) is 6.